The Kier molecular flexibility index (Phi) is 3.73. The van der Waals surface area contributed by atoms with E-state index in [2.05, 4.69) is 15.3 Å². The highest BCUT2D eigenvalue weighted by atomic mass is 19.1. The Morgan fingerprint density at radius 2 is 2.33 bits per heavy atom. The maximum Gasteiger partial charge on any atom is 0.222 e. The average molecular weight is 252 g/mol. The second kappa shape index (κ2) is 5.46. The molecular weight excluding hydrogens is 239 g/mol. The van der Waals surface area contributed by atoms with E-state index < -0.39 is 5.82 Å². The Morgan fingerprint density at radius 1 is 1.50 bits per heavy atom. The minimum atomic E-state index is -0.602. The molecule has 96 valence electrons. The molecule has 0 aliphatic heterocycles. The molecule has 0 aliphatic carbocycles. The summed E-state index contributed by atoms with van der Waals surface area (Å²) in [6.07, 6.45) is 1.44. The fraction of sp³-hybridized carbons (Fsp3) is 0.273. The Labute approximate surface area is 103 Å². The molecule has 0 aliphatic rings. The Hall–Kier alpha value is -2.15. The van der Waals surface area contributed by atoms with Crippen LogP contribution in [0.25, 0.3) is 11.5 Å². The Bertz CT molecular complexity index is 516. The van der Waals surface area contributed by atoms with Crippen molar-refractivity contribution in [2.45, 2.75) is 0 Å². The number of aromatic nitrogens is 2. The van der Waals surface area contributed by atoms with Gasteiger partial charge in [-0.3, -0.25) is 0 Å². The number of nitrogens with one attached hydrogen (secondary N) is 1. The molecule has 2 heterocycles. The minimum Gasteiger partial charge on any atom is -0.463 e. The monoisotopic (exact) mass is 252 g/mol. The van der Waals surface area contributed by atoms with E-state index in [0.29, 0.717) is 18.9 Å². The zero-order valence-electron chi connectivity index (χ0n) is 9.81. The van der Waals surface area contributed by atoms with E-state index in [1.807, 2.05) is 0 Å². The zero-order valence-corrected chi connectivity index (χ0v) is 9.81. The molecule has 0 fully saturated rings. The molecule has 0 aromatic carbocycles. The van der Waals surface area contributed by atoms with Gasteiger partial charge >= 0.3 is 0 Å². The molecule has 0 radical (unpaired) electrons. The number of ether oxygens (including phenoxy) is 1. The smallest absolute Gasteiger partial charge is 0.222 e. The van der Waals surface area contributed by atoms with Gasteiger partial charge in [0, 0.05) is 13.7 Å². The first kappa shape index (κ1) is 12.3. The summed E-state index contributed by atoms with van der Waals surface area (Å²) in [4.78, 5) is 7.63. The van der Waals surface area contributed by atoms with E-state index >= 15 is 0 Å². The van der Waals surface area contributed by atoms with Crippen LogP contribution >= 0.6 is 0 Å². The largest absolute Gasteiger partial charge is 0.463 e. The molecule has 2 aromatic rings. The summed E-state index contributed by atoms with van der Waals surface area (Å²) in [6, 6.07) is 3.24. The average Bonchev–Trinajstić information content (AvgIpc) is 2.87. The topological polar surface area (TPSA) is 86.2 Å². The molecule has 0 saturated heterocycles. The lowest BCUT2D eigenvalue weighted by Crippen LogP contribution is -2.12. The summed E-state index contributed by atoms with van der Waals surface area (Å²) < 4.78 is 24.1. The van der Waals surface area contributed by atoms with E-state index in [9.17, 15) is 4.39 Å². The van der Waals surface area contributed by atoms with Gasteiger partial charge in [-0.1, -0.05) is 0 Å². The van der Waals surface area contributed by atoms with Gasteiger partial charge in [-0.2, -0.15) is 4.98 Å². The Balaban J connectivity index is 2.31. The number of nitrogen functional groups attached to an aromatic ring is 1. The predicted molar refractivity (Wildman–Crippen MR) is 64.5 cm³/mol. The van der Waals surface area contributed by atoms with Crippen LogP contribution in [0.1, 0.15) is 0 Å². The minimum absolute atomic E-state index is 0.0253. The number of hydrogen-bond donors (Lipinski definition) is 2. The van der Waals surface area contributed by atoms with Gasteiger partial charge in [0.1, 0.15) is 5.69 Å². The summed E-state index contributed by atoms with van der Waals surface area (Å²) in [5.74, 6) is -0.291. The van der Waals surface area contributed by atoms with E-state index in [-0.39, 0.29) is 17.5 Å². The van der Waals surface area contributed by atoms with Crippen LogP contribution in [0.5, 0.6) is 0 Å². The van der Waals surface area contributed by atoms with Crippen LogP contribution in [0.15, 0.2) is 22.8 Å². The van der Waals surface area contributed by atoms with Crippen molar-refractivity contribution in [3.63, 3.8) is 0 Å². The number of hydrogen-bond acceptors (Lipinski definition) is 6. The number of furan rings is 1. The third-order valence-corrected chi connectivity index (χ3v) is 2.22. The highest BCUT2D eigenvalue weighted by molar-refractivity contribution is 5.60. The van der Waals surface area contributed by atoms with Crippen molar-refractivity contribution in [3.8, 4) is 11.5 Å². The van der Waals surface area contributed by atoms with Gasteiger partial charge in [-0.15, -0.1) is 0 Å². The van der Waals surface area contributed by atoms with Crippen molar-refractivity contribution in [3.05, 3.63) is 24.2 Å². The van der Waals surface area contributed by atoms with Crippen LogP contribution in [0, 0.1) is 5.82 Å². The molecule has 0 spiro atoms. The Morgan fingerprint density at radius 3 is 3.00 bits per heavy atom. The summed E-state index contributed by atoms with van der Waals surface area (Å²) in [6.45, 7) is 0.848. The first-order valence-electron chi connectivity index (χ1n) is 5.32. The SMILES string of the molecule is COCCNc1nc(N)nc(-c2ccco2)c1F. The van der Waals surface area contributed by atoms with Crippen LogP contribution in [0.3, 0.4) is 0 Å². The maximum atomic E-state index is 14.1. The molecule has 3 N–H and O–H groups in total. The molecule has 2 rings (SSSR count). The van der Waals surface area contributed by atoms with E-state index in [4.69, 9.17) is 14.9 Å². The van der Waals surface area contributed by atoms with E-state index in [1.165, 1.54) is 6.26 Å². The van der Waals surface area contributed by atoms with Gasteiger partial charge < -0.3 is 20.2 Å². The van der Waals surface area contributed by atoms with Crippen molar-refractivity contribution in [2.75, 3.05) is 31.3 Å². The quantitative estimate of drug-likeness (QED) is 0.784. The molecule has 0 bridgehead atoms. The number of methoxy groups -OCH3 is 1. The number of nitrogens with two attached hydrogens (primary N) is 1. The number of halogens is 1. The number of rotatable bonds is 5. The fourth-order valence-corrected chi connectivity index (χ4v) is 1.43. The van der Waals surface area contributed by atoms with Gasteiger partial charge in [0.25, 0.3) is 0 Å². The first-order valence-corrected chi connectivity index (χ1v) is 5.32. The fourth-order valence-electron chi connectivity index (χ4n) is 1.43. The van der Waals surface area contributed by atoms with Crippen LogP contribution in [-0.4, -0.2) is 30.2 Å². The molecule has 0 amide bonds. The van der Waals surface area contributed by atoms with Crippen molar-refractivity contribution >= 4 is 11.8 Å². The van der Waals surface area contributed by atoms with Crippen molar-refractivity contribution in [1.82, 2.24) is 9.97 Å². The maximum absolute atomic E-state index is 14.1. The number of nitrogens with zero attached hydrogens (tertiary/aromatic N) is 2. The highest BCUT2D eigenvalue weighted by Crippen LogP contribution is 2.25. The van der Waals surface area contributed by atoms with Gasteiger partial charge in [-0.25, -0.2) is 9.37 Å². The van der Waals surface area contributed by atoms with Crippen LogP contribution in [-0.2, 0) is 4.74 Å². The van der Waals surface area contributed by atoms with Gasteiger partial charge in [0.15, 0.2) is 17.4 Å². The second-order valence-corrected chi connectivity index (χ2v) is 3.49. The third kappa shape index (κ3) is 2.57. The van der Waals surface area contributed by atoms with Crippen molar-refractivity contribution in [2.24, 2.45) is 0 Å². The van der Waals surface area contributed by atoms with E-state index in [0.717, 1.165) is 0 Å². The van der Waals surface area contributed by atoms with Crippen molar-refractivity contribution < 1.29 is 13.5 Å². The lowest BCUT2D eigenvalue weighted by atomic mass is 10.3. The number of anilines is 2. The molecule has 6 nitrogen and oxygen atoms in total. The highest BCUT2D eigenvalue weighted by Gasteiger charge is 2.16. The molecule has 2 aromatic heterocycles. The second-order valence-electron chi connectivity index (χ2n) is 3.49. The first-order chi connectivity index (χ1) is 8.72. The summed E-state index contributed by atoms with van der Waals surface area (Å²) in [7, 11) is 1.56. The third-order valence-electron chi connectivity index (χ3n) is 2.22. The van der Waals surface area contributed by atoms with Crippen molar-refractivity contribution in [1.29, 1.82) is 0 Å². The van der Waals surface area contributed by atoms with Crippen LogP contribution in [0.4, 0.5) is 16.2 Å². The molecule has 18 heavy (non-hydrogen) atoms. The molecule has 7 heteroatoms. The predicted octanol–water partition coefficient (Wildman–Crippen LogP) is 1.52. The zero-order chi connectivity index (χ0) is 13.0. The lowest BCUT2D eigenvalue weighted by molar-refractivity contribution is 0.210. The van der Waals surface area contributed by atoms with Gasteiger partial charge in [0.05, 0.1) is 12.9 Å². The van der Waals surface area contributed by atoms with Gasteiger partial charge in [0.2, 0.25) is 5.95 Å². The molecular formula is C11H13FN4O2. The lowest BCUT2D eigenvalue weighted by Gasteiger charge is -2.08. The standard InChI is InChI=1S/C11H13FN4O2/c1-17-6-4-14-10-8(12)9(15-11(13)16-10)7-3-2-5-18-7/h2-3,5H,4,6H2,1H3,(H3,13,14,15,16). The summed E-state index contributed by atoms with van der Waals surface area (Å²) in [5, 5.41) is 2.78. The van der Waals surface area contributed by atoms with E-state index in [1.54, 1.807) is 19.2 Å². The van der Waals surface area contributed by atoms with Crippen LogP contribution < -0.4 is 11.1 Å². The molecule has 0 unspecified atom stereocenters. The molecule has 0 saturated carbocycles. The van der Waals surface area contributed by atoms with Crippen LogP contribution in [0.2, 0.25) is 0 Å². The normalized spacial score (nSPS) is 10.6. The summed E-state index contributed by atoms with van der Waals surface area (Å²) in [5.41, 5.74) is 5.57. The molecule has 0 atom stereocenters. The van der Waals surface area contributed by atoms with Gasteiger partial charge in [-0.05, 0) is 12.1 Å². The summed E-state index contributed by atoms with van der Waals surface area (Å²) >= 11 is 0.